The summed E-state index contributed by atoms with van der Waals surface area (Å²) in [5, 5.41) is 17.2. The van der Waals surface area contributed by atoms with E-state index in [0.717, 1.165) is 27.7 Å². The highest BCUT2D eigenvalue weighted by atomic mass is 15.1. The number of rotatable bonds is 2. The number of pyridine rings is 1. The van der Waals surface area contributed by atoms with Gasteiger partial charge in [-0.05, 0) is 25.1 Å². The molecular formula is C18H13N7. The molecule has 3 aromatic heterocycles. The van der Waals surface area contributed by atoms with E-state index in [1.165, 1.54) is 0 Å². The molecule has 0 aliphatic carbocycles. The van der Waals surface area contributed by atoms with Crippen molar-refractivity contribution in [3.63, 3.8) is 0 Å². The minimum atomic E-state index is 0.101. The largest absolute Gasteiger partial charge is 0.381 e. The van der Waals surface area contributed by atoms with Crippen LogP contribution in [0.15, 0.2) is 42.7 Å². The molecule has 4 rings (SSSR count). The number of H-pyrrole nitrogens is 1. The Kier molecular flexibility index (Phi) is 3.36. The van der Waals surface area contributed by atoms with Gasteiger partial charge in [0.2, 0.25) is 0 Å². The summed E-state index contributed by atoms with van der Waals surface area (Å²) in [4.78, 5) is 13.2. The van der Waals surface area contributed by atoms with E-state index < -0.39 is 0 Å². The van der Waals surface area contributed by atoms with Crippen LogP contribution in [0.2, 0.25) is 0 Å². The first-order valence-corrected chi connectivity index (χ1v) is 7.60. The minimum absolute atomic E-state index is 0.101. The molecule has 1 aromatic carbocycles. The van der Waals surface area contributed by atoms with Crippen LogP contribution < -0.4 is 5.73 Å². The number of nitrogen functional groups attached to an aromatic ring is 1. The molecule has 0 saturated heterocycles. The summed E-state index contributed by atoms with van der Waals surface area (Å²) in [6.07, 6.45) is 3.43. The summed E-state index contributed by atoms with van der Waals surface area (Å²) >= 11 is 0. The highest BCUT2D eigenvalue weighted by Crippen LogP contribution is 2.32. The van der Waals surface area contributed by atoms with Crippen molar-refractivity contribution in [2.45, 2.75) is 6.92 Å². The standard InChI is InChI=1S/C18H13N7/c1-10-13(9-22-25-10)17-16(23-15(8-19)18(20)24-17)12-4-5-14-11(7-12)3-2-6-21-14/h2-7,9H,1H3,(H2,20,24)(H,22,25). The van der Waals surface area contributed by atoms with Crippen molar-refractivity contribution in [1.82, 2.24) is 25.1 Å². The maximum absolute atomic E-state index is 9.28. The Morgan fingerprint density at radius 1 is 1.16 bits per heavy atom. The van der Waals surface area contributed by atoms with Gasteiger partial charge in [0.25, 0.3) is 0 Å². The molecule has 3 N–H and O–H groups in total. The number of fused-ring (bicyclic) bond motifs is 1. The van der Waals surface area contributed by atoms with E-state index in [1.54, 1.807) is 12.4 Å². The van der Waals surface area contributed by atoms with Gasteiger partial charge in [0.1, 0.15) is 11.8 Å². The van der Waals surface area contributed by atoms with Crippen molar-refractivity contribution in [2.24, 2.45) is 0 Å². The number of nitrogens with zero attached hydrogens (tertiary/aromatic N) is 5. The Morgan fingerprint density at radius 2 is 2.04 bits per heavy atom. The molecule has 0 aliphatic rings. The molecule has 3 heterocycles. The molecule has 120 valence electrons. The predicted molar refractivity (Wildman–Crippen MR) is 94.2 cm³/mol. The van der Waals surface area contributed by atoms with Gasteiger partial charge in [0.15, 0.2) is 11.5 Å². The second kappa shape index (κ2) is 5.69. The van der Waals surface area contributed by atoms with Crippen molar-refractivity contribution in [3.8, 4) is 28.6 Å². The van der Waals surface area contributed by atoms with Crippen molar-refractivity contribution >= 4 is 16.7 Å². The first-order chi connectivity index (χ1) is 12.2. The van der Waals surface area contributed by atoms with Crippen LogP contribution in [0.25, 0.3) is 33.4 Å². The van der Waals surface area contributed by atoms with Gasteiger partial charge in [-0.1, -0.05) is 12.1 Å². The molecule has 7 heteroatoms. The molecule has 0 aliphatic heterocycles. The quantitative estimate of drug-likeness (QED) is 0.584. The average molecular weight is 327 g/mol. The van der Waals surface area contributed by atoms with Crippen molar-refractivity contribution < 1.29 is 0 Å². The first-order valence-electron chi connectivity index (χ1n) is 7.60. The summed E-state index contributed by atoms with van der Waals surface area (Å²) in [5.41, 5.74) is 10.5. The summed E-state index contributed by atoms with van der Waals surface area (Å²) < 4.78 is 0. The predicted octanol–water partition coefficient (Wildman–Crippen LogP) is 2.84. The number of nitrogens with two attached hydrogens (primary N) is 1. The van der Waals surface area contributed by atoms with Gasteiger partial charge in [0, 0.05) is 28.4 Å². The Morgan fingerprint density at radius 3 is 2.80 bits per heavy atom. The van der Waals surface area contributed by atoms with E-state index in [1.807, 2.05) is 43.3 Å². The first kappa shape index (κ1) is 14.8. The van der Waals surface area contributed by atoms with E-state index >= 15 is 0 Å². The highest BCUT2D eigenvalue weighted by molar-refractivity contribution is 5.87. The third-order valence-corrected chi connectivity index (χ3v) is 3.99. The summed E-state index contributed by atoms with van der Waals surface area (Å²) in [7, 11) is 0. The molecule has 0 radical (unpaired) electrons. The van der Waals surface area contributed by atoms with Crippen LogP contribution >= 0.6 is 0 Å². The lowest BCUT2D eigenvalue weighted by Crippen LogP contribution is -2.03. The van der Waals surface area contributed by atoms with Gasteiger partial charge in [-0.2, -0.15) is 10.4 Å². The number of aromatic amines is 1. The fraction of sp³-hybridized carbons (Fsp3) is 0.0556. The topological polar surface area (TPSA) is 117 Å². The molecule has 7 nitrogen and oxygen atoms in total. The van der Waals surface area contributed by atoms with Gasteiger partial charge < -0.3 is 5.73 Å². The Labute approximate surface area is 143 Å². The number of benzene rings is 1. The van der Waals surface area contributed by atoms with Gasteiger partial charge in [0.05, 0.1) is 17.4 Å². The molecule has 0 bridgehead atoms. The maximum atomic E-state index is 9.28. The monoisotopic (exact) mass is 327 g/mol. The number of aromatic nitrogens is 5. The minimum Gasteiger partial charge on any atom is -0.381 e. The maximum Gasteiger partial charge on any atom is 0.183 e. The van der Waals surface area contributed by atoms with Crippen LogP contribution in [-0.4, -0.2) is 25.1 Å². The van der Waals surface area contributed by atoms with Crippen LogP contribution in [0.3, 0.4) is 0 Å². The van der Waals surface area contributed by atoms with E-state index in [4.69, 9.17) is 5.73 Å². The second-order valence-corrected chi connectivity index (χ2v) is 5.59. The molecule has 0 atom stereocenters. The second-order valence-electron chi connectivity index (χ2n) is 5.59. The lowest BCUT2D eigenvalue weighted by Gasteiger charge is -2.10. The molecule has 25 heavy (non-hydrogen) atoms. The van der Waals surface area contributed by atoms with E-state index in [-0.39, 0.29) is 11.5 Å². The van der Waals surface area contributed by atoms with Crippen LogP contribution in [0, 0.1) is 18.3 Å². The lowest BCUT2D eigenvalue weighted by atomic mass is 10.0. The Bertz CT molecular complexity index is 1140. The van der Waals surface area contributed by atoms with Gasteiger partial charge in [-0.3, -0.25) is 10.1 Å². The summed E-state index contributed by atoms with van der Waals surface area (Å²) in [5.74, 6) is 0.101. The summed E-state index contributed by atoms with van der Waals surface area (Å²) in [6, 6.07) is 11.7. The fourth-order valence-corrected chi connectivity index (χ4v) is 2.73. The van der Waals surface area contributed by atoms with Crippen LogP contribution in [0.5, 0.6) is 0 Å². The third kappa shape index (κ3) is 2.46. The van der Waals surface area contributed by atoms with Crippen LogP contribution in [0.1, 0.15) is 11.4 Å². The molecular weight excluding hydrogens is 314 g/mol. The molecule has 0 fully saturated rings. The SMILES string of the molecule is Cc1[nH]ncc1-c1nc(N)c(C#N)nc1-c1ccc2ncccc2c1. The Hall–Kier alpha value is -3.79. The average Bonchev–Trinajstić information content (AvgIpc) is 3.07. The van der Waals surface area contributed by atoms with Crippen LogP contribution in [0.4, 0.5) is 5.82 Å². The number of anilines is 1. The lowest BCUT2D eigenvalue weighted by molar-refractivity contribution is 1.05. The third-order valence-electron chi connectivity index (χ3n) is 3.99. The summed E-state index contributed by atoms with van der Waals surface area (Å²) in [6.45, 7) is 1.90. The fourth-order valence-electron chi connectivity index (χ4n) is 2.73. The van der Waals surface area contributed by atoms with Gasteiger partial charge in [-0.25, -0.2) is 9.97 Å². The number of nitriles is 1. The number of hydrogen-bond acceptors (Lipinski definition) is 6. The Balaban J connectivity index is 2.01. The number of aryl methyl sites for hydroxylation is 1. The van der Waals surface area contributed by atoms with Gasteiger partial charge in [-0.15, -0.1) is 0 Å². The molecule has 0 unspecified atom stereocenters. The van der Waals surface area contributed by atoms with E-state index in [2.05, 4.69) is 25.1 Å². The van der Waals surface area contributed by atoms with Crippen molar-refractivity contribution in [1.29, 1.82) is 5.26 Å². The molecule has 4 aromatic rings. The zero-order chi connectivity index (χ0) is 17.4. The zero-order valence-corrected chi connectivity index (χ0v) is 13.4. The molecule has 0 saturated carbocycles. The molecule has 0 amide bonds. The van der Waals surface area contributed by atoms with Crippen LogP contribution in [-0.2, 0) is 0 Å². The smallest absolute Gasteiger partial charge is 0.183 e. The van der Waals surface area contributed by atoms with Gasteiger partial charge >= 0.3 is 0 Å². The number of hydrogen-bond donors (Lipinski definition) is 2. The highest BCUT2D eigenvalue weighted by Gasteiger charge is 2.18. The normalized spacial score (nSPS) is 10.7. The molecule has 0 spiro atoms. The zero-order valence-electron chi connectivity index (χ0n) is 13.4. The van der Waals surface area contributed by atoms with E-state index in [0.29, 0.717) is 11.4 Å². The number of nitrogens with one attached hydrogen (secondary N) is 1. The van der Waals surface area contributed by atoms with E-state index in [9.17, 15) is 5.26 Å². The van der Waals surface area contributed by atoms with Crippen molar-refractivity contribution in [3.05, 3.63) is 54.1 Å². The van der Waals surface area contributed by atoms with Crippen molar-refractivity contribution in [2.75, 3.05) is 5.73 Å².